The summed E-state index contributed by atoms with van der Waals surface area (Å²) in [6.07, 6.45) is 0.779. The number of aromatic amines is 1. The lowest BCUT2D eigenvalue weighted by molar-refractivity contribution is 0.109. The van der Waals surface area contributed by atoms with E-state index in [2.05, 4.69) is 20.9 Å². The molecule has 0 atom stereocenters. The molecule has 2 aromatic rings. The minimum absolute atomic E-state index is 0.0952. The fraction of sp³-hybridized carbons (Fsp3) is 0.308. The maximum Gasteiger partial charge on any atom is 0.195 e. The number of hydrogen-bond donors (Lipinski definition) is 1. The number of halogens is 1. The summed E-state index contributed by atoms with van der Waals surface area (Å²) in [5.74, 6) is 0. The van der Waals surface area contributed by atoms with Gasteiger partial charge in [0, 0.05) is 27.5 Å². The van der Waals surface area contributed by atoms with E-state index in [0.717, 1.165) is 38.6 Å². The molecule has 0 fully saturated rings. The fourth-order valence-electron chi connectivity index (χ4n) is 2.29. The summed E-state index contributed by atoms with van der Waals surface area (Å²) in [5.41, 5.74) is 3.85. The van der Waals surface area contributed by atoms with Crippen LogP contribution in [-0.2, 0) is 17.8 Å². The van der Waals surface area contributed by atoms with Crippen molar-refractivity contribution in [2.45, 2.75) is 20.0 Å². The molecule has 1 aliphatic rings. The number of aromatic nitrogens is 1. The number of H-pyrrole nitrogens is 1. The fourth-order valence-corrected chi connectivity index (χ4v) is 2.96. The van der Waals surface area contributed by atoms with Gasteiger partial charge in [-0.1, -0.05) is 0 Å². The molecule has 0 saturated heterocycles. The first kappa shape index (κ1) is 11.0. The number of pyridine rings is 1. The van der Waals surface area contributed by atoms with Crippen LogP contribution in [0.15, 0.2) is 21.4 Å². The first-order chi connectivity index (χ1) is 8.16. The first-order valence-electron chi connectivity index (χ1n) is 5.58. The summed E-state index contributed by atoms with van der Waals surface area (Å²) in [6, 6.07) is 3.94. The third kappa shape index (κ3) is 1.72. The molecule has 3 nitrogen and oxygen atoms in total. The Balaban J connectivity index is 2.44. The van der Waals surface area contributed by atoms with Gasteiger partial charge in [0.25, 0.3) is 0 Å². The Morgan fingerprint density at radius 2 is 2.24 bits per heavy atom. The SMILES string of the molecule is Cc1cc(Br)c2[nH]c3c(c(=O)c2c1)COCC3. The maximum atomic E-state index is 12.4. The van der Waals surface area contributed by atoms with Crippen LogP contribution in [0, 0.1) is 6.92 Å². The van der Waals surface area contributed by atoms with Crippen molar-refractivity contribution in [2.75, 3.05) is 6.61 Å². The van der Waals surface area contributed by atoms with Crippen molar-refractivity contribution < 1.29 is 4.74 Å². The average molecular weight is 294 g/mol. The third-order valence-electron chi connectivity index (χ3n) is 3.14. The van der Waals surface area contributed by atoms with Gasteiger partial charge in [0.05, 0.1) is 18.7 Å². The van der Waals surface area contributed by atoms with Gasteiger partial charge in [-0.15, -0.1) is 0 Å². The molecule has 0 saturated carbocycles. The molecule has 0 aliphatic carbocycles. The molecule has 0 spiro atoms. The zero-order chi connectivity index (χ0) is 12.0. The van der Waals surface area contributed by atoms with Crippen molar-refractivity contribution in [1.29, 1.82) is 0 Å². The summed E-state index contributed by atoms with van der Waals surface area (Å²) >= 11 is 3.51. The third-order valence-corrected chi connectivity index (χ3v) is 3.76. The molecule has 3 rings (SSSR count). The Labute approximate surface area is 107 Å². The first-order valence-corrected chi connectivity index (χ1v) is 6.38. The second kappa shape index (κ2) is 3.96. The monoisotopic (exact) mass is 293 g/mol. The minimum atomic E-state index is 0.0952. The highest BCUT2D eigenvalue weighted by atomic mass is 79.9. The summed E-state index contributed by atoms with van der Waals surface area (Å²) in [7, 11) is 0. The summed E-state index contributed by atoms with van der Waals surface area (Å²) < 4.78 is 6.30. The topological polar surface area (TPSA) is 42.1 Å². The Bertz CT molecular complexity index is 660. The van der Waals surface area contributed by atoms with Gasteiger partial charge in [0.1, 0.15) is 0 Å². The zero-order valence-corrected chi connectivity index (χ0v) is 11.1. The van der Waals surface area contributed by atoms with Crippen LogP contribution in [-0.4, -0.2) is 11.6 Å². The lowest BCUT2D eigenvalue weighted by atomic mass is 10.0. The number of hydrogen-bond acceptors (Lipinski definition) is 2. The second-order valence-electron chi connectivity index (χ2n) is 4.38. The molecule has 0 unspecified atom stereocenters. The highest BCUT2D eigenvalue weighted by Gasteiger charge is 2.17. The van der Waals surface area contributed by atoms with E-state index in [-0.39, 0.29) is 5.43 Å². The quantitative estimate of drug-likeness (QED) is 0.811. The van der Waals surface area contributed by atoms with Crippen LogP contribution in [0.4, 0.5) is 0 Å². The summed E-state index contributed by atoms with van der Waals surface area (Å²) in [6.45, 7) is 3.09. The lowest BCUT2D eigenvalue weighted by Gasteiger charge is -2.17. The lowest BCUT2D eigenvalue weighted by Crippen LogP contribution is -2.21. The Hall–Kier alpha value is -1.13. The molecule has 2 heterocycles. The van der Waals surface area contributed by atoms with Crippen LogP contribution in [0.5, 0.6) is 0 Å². The number of benzene rings is 1. The molecule has 1 N–H and O–H groups in total. The highest BCUT2D eigenvalue weighted by Crippen LogP contribution is 2.24. The van der Waals surface area contributed by atoms with Crippen molar-refractivity contribution in [1.82, 2.24) is 4.98 Å². The van der Waals surface area contributed by atoms with Gasteiger partial charge in [0.15, 0.2) is 5.43 Å². The van der Waals surface area contributed by atoms with E-state index in [1.54, 1.807) is 0 Å². The molecule has 1 aromatic heterocycles. The Kier molecular flexibility index (Phi) is 2.56. The van der Waals surface area contributed by atoms with Crippen molar-refractivity contribution in [3.8, 4) is 0 Å². The molecular weight excluding hydrogens is 282 g/mol. The molecule has 88 valence electrons. The second-order valence-corrected chi connectivity index (χ2v) is 5.24. The zero-order valence-electron chi connectivity index (χ0n) is 9.47. The van der Waals surface area contributed by atoms with Gasteiger partial charge in [-0.3, -0.25) is 4.79 Å². The summed E-state index contributed by atoms with van der Waals surface area (Å²) in [4.78, 5) is 15.7. The average Bonchev–Trinajstić information content (AvgIpc) is 2.31. The van der Waals surface area contributed by atoms with Gasteiger partial charge in [-0.05, 0) is 40.5 Å². The molecular formula is C13H12BrNO2. The van der Waals surface area contributed by atoms with Crippen LogP contribution >= 0.6 is 15.9 Å². The minimum Gasteiger partial charge on any atom is -0.376 e. The van der Waals surface area contributed by atoms with Crippen molar-refractivity contribution in [3.63, 3.8) is 0 Å². The smallest absolute Gasteiger partial charge is 0.195 e. The normalized spacial score (nSPS) is 14.9. The van der Waals surface area contributed by atoms with E-state index < -0.39 is 0 Å². The van der Waals surface area contributed by atoms with Crippen LogP contribution in [0.25, 0.3) is 10.9 Å². The number of ether oxygens (including phenoxy) is 1. The molecule has 0 amide bonds. The molecule has 0 bridgehead atoms. The van der Waals surface area contributed by atoms with Crippen molar-refractivity contribution in [2.24, 2.45) is 0 Å². The molecule has 0 radical (unpaired) electrons. The van der Waals surface area contributed by atoms with Crippen LogP contribution in [0.1, 0.15) is 16.8 Å². The van der Waals surface area contributed by atoms with Crippen LogP contribution < -0.4 is 5.43 Å². The molecule has 4 heteroatoms. The van der Waals surface area contributed by atoms with Gasteiger partial charge < -0.3 is 9.72 Å². The van der Waals surface area contributed by atoms with E-state index in [1.807, 2.05) is 19.1 Å². The Morgan fingerprint density at radius 1 is 1.41 bits per heavy atom. The number of fused-ring (bicyclic) bond motifs is 2. The van der Waals surface area contributed by atoms with Crippen LogP contribution in [0.2, 0.25) is 0 Å². The number of aryl methyl sites for hydroxylation is 1. The maximum absolute atomic E-state index is 12.4. The predicted molar refractivity (Wildman–Crippen MR) is 70.4 cm³/mol. The van der Waals surface area contributed by atoms with Crippen molar-refractivity contribution >= 4 is 26.8 Å². The van der Waals surface area contributed by atoms with E-state index in [1.165, 1.54) is 0 Å². The Morgan fingerprint density at radius 3 is 3.06 bits per heavy atom. The molecule has 1 aromatic carbocycles. The predicted octanol–water partition coefficient (Wildman–Crippen LogP) is 2.67. The van der Waals surface area contributed by atoms with E-state index in [4.69, 9.17) is 4.74 Å². The molecule has 17 heavy (non-hydrogen) atoms. The highest BCUT2D eigenvalue weighted by molar-refractivity contribution is 9.10. The van der Waals surface area contributed by atoms with Crippen molar-refractivity contribution in [3.05, 3.63) is 43.6 Å². The van der Waals surface area contributed by atoms with E-state index >= 15 is 0 Å². The molecule has 1 aliphatic heterocycles. The van der Waals surface area contributed by atoms with Gasteiger partial charge in [-0.2, -0.15) is 0 Å². The largest absolute Gasteiger partial charge is 0.376 e. The van der Waals surface area contributed by atoms with Gasteiger partial charge >= 0.3 is 0 Å². The number of nitrogens with one attached hydrogen (secondary N) is 1. The van der Waals surface area contributed by atoms with E-state index in [0.29, 0.717) is 13.2 Å². The van der Waals surface area contributed by atoms with E-state index in [9.17, 15) is 4.79 Å². The summed E-state index contributed by atoms with van der Waals surface area (Å²) in [5, 5.41) is 0.737. The van der Waals surface area contributed by atoms with Crippen LogP contribution in [0.3, 0.4) is 0 Å². The standard InChI is InChI=1S/C13H12BrNO2/c1-7-4-8-12(10(14)5-7)15-11-2-3-17-6-9(11)13(8)16/h4-5H,2-3,6H2,1H3,(H,15,16). The van der Waals surface area contributed by atoms with Gasteiger partial charge in [0.2, 0.25) is 0 Å². The van der Waals surface area contributed by atoms with Gasteiger partial charge in [-0.25, -0.2) is 0 Å². The number of rotatable bonds is 0.